The number of likely N-dealkylation sites (N-methyl/N-ethyl adjacent to an activating group) is 1. The lowest BCUT2D eigenvalue weighted by Crippen LogP contribution is -2.67. The molecule has 1 aliphatic heterocycles. The number of ether oxygens (including phenoxy) is 2. The Kier molecular flexibility index (Phi) is 12.3. The highest BCUT2D eigenvalue weighted by Crippen LogP contribution is 2.55. The van der Waals surface area contributed by atoms with Crippen LogP contribution in [0.5, 0.6) is 0 Å². The first kappa shape index (κ1) is 41.2. The fourth-order valence-electron chi connectivity index (χ4n) is 7.96. The van der Waals surface area contributed by atoms with E-state index in [4.69, 9.17) is 19.2 Å². The Morgan fingerprint density at radius 3 is 1.91 bits per heavy atom. The molecular weight excluding hydrogens is 758 g/mol. The highest BCUT2D eigenvalue weighted by Gasteiger charge is 2.70. The van der Waals surface area contributed by atoms with Gasteiger partial charge in [0.25, 0.3) is 0 Å². The van der Waals surface area contributed by atoms with E-state index in [1.54, 1.807) is 42.5 Å². The van der Waals surface area contributed by atoms with Gasteiger partial charge in [0.05, 0.1) is 13.2 Å². The van der Waals surface area contributed by atoms with E-state index < -0.39 is 72.4 Å². The van der Waals surface area contributed by atoms with Gasteiger partial charge in [-0.05, 0) is 45.5 Å². The van der Waals surface area contributed by atoms with Gasteiger partial charge >= 0.3 is 24.4 Å². The molecule has 4 aromatic carbocycles. The highest BCUT2D eigenvalue weighted by molar-refractivity contribution is 5.90. The number of benzene rings is 4. The molecular formula is C42H40F6N2O7. The summed E-state index contributed by atoms with van der Waals surface area (Å²) < 4.78 is 102. The quantitative estimate of drug-likeness (QED) is 0.0576. The van der Waals surface area contributed by atoms with E-state index >= 15 is 26.3 Å². The van der Waals surface area contributed by atoms with Gasteiger partial charge in [0.2, 0.25) is 0 Å². The van der Waals surface area contributed by atoms with Crippen molar-refractivity contribution in [3.05, 3.63) is 125 Å². The lowest BCUT2D eigenvalue weighted by atomic mass is 9.65. The van der Waals surface area contributed by atoms with Crippen molar-refractivity contribution in [3.8, 4) is 11.1 Å². The maximum absolute atomic E-state index is 15.1. The smallest absolute Gasteiger partial charge is 0.410 e. The van der Waals surface area contributed by atoms with Crippen LogP contribution in [0.15, 0.2) is 103 Å². The zero-order chi connectivity index (χ0) is 41.0. The predicted molar refractivity (Wildman–Crippen MR) is 196 cm³/mol. The van der Waals surface area contributed by atoms with Crippen LogP contribution >= 0.6 is 0 Å². The second-order valence-corrected chi connectivity index (χ2v) is 14.0. The second kappa shape index (κ2) is 17.0. The molecule has 4 aromatic rings. The molecule has 0 radical (unpaired) electrons. The van der Waals surface area contributed by atoms with Gasteiger partial charge in [-0.25, -0.2) is 9.59 Å². The first-order valence-electron chi connectivity index (χ1n) is 18.2. The van der Waals surface area contributed by atoms with Crippen molar-refractivity contribution in [2.45, 2.75) is 43.3 Å². The molecule has 3 atom stereocenters. The molecule has 57 heavy (non-hydrogen) atoms. The molecule has 0 spiro atoms. The van der Waals surface area contributed by atoms with Crippen molar-refractivity contribution >= 4 is 24.0 Å². The molecule has 0 saturated carbocycles. The minimum absolute atomic E-state index is 0.00457. The molecule has 1 saturated heterocycles. The zero-order valence-corrected chi connectivity index (χ0v) is 31.0. The van der Waals surface area contributed by atoms with Crippen LogP contribution in [-0.2, 0) is 35.4 Å². The highest BCUT2D eigenvalue weighted by atomic mass is 19.4. The van der Waals surface area contributed by atoms with Gasteiger partial charge in [-0.3, -0.25) is 9.79 Å². The van der Waals surface area contributed by atoms with E-state index in [1.165, 1.54) is 12.1 Å². The fraction of sp³-hybridized carbons (Fsp3) is 0.357. The number of fused-ring (bicyclic) bond motifs is 3. The van der Waals surface area contributed by atoms with Crippen molar-refractivity contribution in [1.29, 1.82) is 0 Å². The molecule has 302 valence electrons. The lowest BCUT2D eigenvalue weighted by Gasteiger charge is -2.49. The van der Waals surface area contributed by atoms with Gasteiger partial charge in [0, 0.05) is 43.6 Å². The number of carbonyl (C=O) groups excluding carboxylic acids is 3. The molecule has 0 bridgehead atoms. The van der Waals surface area contributed by atoms with E-state index in [-0.39, 0.29) is 6.29 Å². The van der Waals surface area contributed by atoms with E-state index in [1.807, 2.05) is 41.3 Å². The number of nitrogens with zero attached hydrogens (tertiary/aromatic N) is 2. The fourth-order valence-corrected chi connectivity index (χ4v) is 7.96. The normalized spacial score (nSPS) is 16.5. The van der Waals surface area contributed by atoms with E-state index in [0.717, 1.165) is 48.4 Å². The van der Waals surface area contributed by atoms with Gasteiger partial charge in [-0.2, -0.15) is 31.2 Å². The van der Waals surface area contributed by atoms with Crippen LogP contribution in [-0.4, -0.2) is 81.1 Å². The minimum atomic E-state index is -6.06. The maximum Gasteiger partial charge on any atom is 0.410 e. The average molecular weight is 799 g/mol. The molecule has 1 amide bonds. The van der Waals surface area contributed by atoms with Gasteiger partial charge in [0.1, 0.15) is 19.5 Å². The number of aldehydes is 1. The summed E-state index contributed by atoms with van der Waals surface area (Å²) in [4.78, 5) is 54.0. The molecule has 0 N–H and O–H groups in total. The molecule has 1 fully saturated rings. The van der Waals surface area contributed by atoms with Crippen LogP contribution in [0.25, 0.3) is 11.1 Å². The summed E-state index contributed by atoms with van der Waals surface area (Å²) in [6.45, 7) is 1.55. The molecule has 6 rings (SSSR count). The second-order valence-electron chi connectivity index (χ2n) is 14.0. The first-order chi connectivity index (χ1) is 27.2. The van der Waals surface area contributed by atoms with Crippen molar-refractivity contribution in [3.63, 3.8) is 0 Å². The number of hydrogen-bond acceptors (Lipinski definition) is 8. The summed E-state index contributed by atoms with van der Waals surface area (Å²) in [5.74, 6) is -11.8. The number of carbonyl (C=O) groups is 3. The maximum atomic E-state index is 15.1. The Hall–Kier alpha value is -5.41. The predicted octanol–water partition coefficient (Wildman–Crippen LogP) is 8.48. The number of rotatable bonds is 13. The molecule has 2 unspecified atom stereocenters. The number of halogens is 6. The molecule has 2 aliphatic rings. The number of amides is 1. The average Bonchev–Trinajstić information content (AvgIpc) is 3.52. The number of hydrogen-bond donors (Lipinski definition) is 0. The SMILES string of the molecule is CC(C=O)[C@](C(=O)OOCc1ccccc1)(C(c1ccc(N2CCOCC2)cc1)C(C(F)(F)F)C(F)(F)F)N(C)C(=O)OCC1c2ccccc2-c2ccccc21. The minimum Gasteiger partial charge on any atom is -0.448 e. The van der Waals surface area contributed by atoms with Crippen molar-refractivity contribution < 1.29 is 60.0 Å². The Labute approximate surface area is 325 Å². The van der Waals surface area contributed by atoms with Crippen LogP contribution in [0.3, 0.4) is 0 Å². The summed E-state index contributed by atoms with van der Waals surface area (Å²) in [6.07, 6.45) is -13.6. The summed E-state index contributed by atoms with van der Waals surface area (Å²) >= 11 is 0. The van der Waals surface area contributed by atoms with Gasteiger partial charge in [0.15, 0.2) is 11.5 Å². The summed E-state index contributed by atoms with van der Waals surface area (Å²) in [6, 6.07) is 27.3. The lowest BCUT2D eigenvalue weighted by molar-refractivity contribution is -0.310. The topological polar surface area (TPSA) is 94.6 Å². The summed E-state index contributed by atoms with van der Waals surface area (Å²) in [7, 11) is 0.816. The van der Waals surface area contributed by atoms with Crippen LogP contribution in [0.1, 0.15) is 41.0 Å². The number of morpholine rings is 1. The van der Waals surface area contributed by atoms with Crippen LogP contribution in [0.4, 0.5) is 36.8 Å². The molecule has 15 heteroatoms. The van der Waals surface area contributed by atoms with E-state index in [0.29, 0.717) is 42.5 Å². The Morgan fingerprint density at radius 2 is 1.37 bits per heavy atom. The number of alkyl halides is 6. The molecule has 1 heterocycles. The monoisotopic (exact) mass is 798 g/mol. The van der Waals surface area contributed by atoms with Crippen molar-refractivity contribution in [2.24, 2.45) is 11.8 Å². The third-order valence-electron chi connectivity index (χ3n) is 10.7. The standard InChI is InChI=1S/C42H40F6N2O7/c1-27(24-51)40(38(52)57-56-25-28-10-4-3-5-11-28,49(2)39(53)55-26-35-33-14-8-6-12-31(33)32-13-7-9-15-34(32)35)36(37(41(43,44)45)42(46,47)48)29-16-18-30(19-17-29)50-20-22-54-23-21-50/h3-19,24,27,35-37H,20-23,25-26H2,1-2H3/t27?,36?,40-/m1/s1. The van der Waals surface area contributed by atoms with Gasteiger partial charge in [-0.15, -0.1) is 0 Å². The molecule has 1 aliphatic carbocycles. The third-order valence-corrected chi connectivity index (χ3v) is 10.7. The van der Waals surface area contributed by atoms with Crippen LogP contribution in [0, 0.1) is 11.8 Å². The third kappa shape index (κ3) is 8.35. The Bertz CT molecular complexity index is 1960. The number of anilines is 1. The molecule has 0 aromatic heterocycles. The first-order valence-corrected chi connectivity index (χ1v) is 18.2. The zero-order valence-electron chi connectivity index (χ0n) is 31.0. The van der Waals surface area contributed by atoms with E-state index in [2.05, 4.69) is 0 Å². The van der Waals surface area contributed by atoms with E-state index in [9.17, 15) is 14.4 Å². The van der Waals surface area contributed by atoms with Crippen molar-refractivity contribution in [2.75, 3.05) is 44.9 Å². The largest absolute Gasteiger partial charge is 0.448 e. The summed E-state index contributed by atoms with van der Waals surface area (Å²) in [5, 5.41) is 0. The van der Waals surface area contributed by atoms with Crippen molar-refractivity contribution in [1.82, 2.24) is 4.90 Å². The van der Waals surface area contributed by atoms with Crippen LogP contribution in [0.2, 0.25) is 0 Å². The molecule has 9 nitrogen and oxygen atoms in total. The van der Waals surface area contributed by atoms with Gasteiger partial charge < -0.3 is 19.2 Å². The Balaban J connectivity index is 1.46. The van der Waals surface area contributed by atoms with Gasteiger partial charge in [-0.1, -0.05) is 97.9 Å². The Morgan fingerprint density at radius 1 is 0.825 bits per heavy atom. The van der Waals surface area contributed by atoms with Crippen LogP contribution < -0.4 is 4.90 Å². The summed E-state index contributed by atoms with van der Waals surface area (Å²) in [5.41, 5.74) is 0.113.